The summed E-state index contributed by atoms with van der Waals surface area (Å²) in [6, 6.07) is 4.31. The van der Waals surface area contributed by atoms with Crippen LogP contribution in [0.2, 0.25) is 0 Å². The van der Waals surface area contributed by atoms with Gasteiger partial charge in [-0.1, -0.05) is 11.8 Å². The molecule has 92 valence electrons. The second-order valence-corrected chi connectivity index (χ2v) is 5.11. The van der Waals surface area contributed by atoms with E-state index in [1.165, 1.54) is 24.4 Å². The molecule has 0 aliphatic rings. The molecule has 0 aliphatic heterocycles. The topological polar surface area (TPSA) is 93.3 Å². The predicted molar refractivity (Wildman–Crippen MR) is 66.3 cm³/mol. The summed E-state index contributed by atoms with van der Waals surface area (Å²) in [5.74, 6) is -1.01. The monoisotopic (exact) mass is 282 g/mol. The Hall–Kier alpha value is -1.93. The lowest BCUT2D eigenvalue weighted by Crippen LogP contribution is -1.92. The number of thiophene rings is 1. The molecule has 2 aromatic rings. The van der Waals surface area contributed by atoms with Crippen molar-refractivity contribution in [2.75, 3.05) is 0 Å². The first-order valence-corrected chi connectivity index (χ1v) is 6.36. The quantitative estimate of drug-likeness (QED) is 0.684. The number of hydrogen-bond acceptors (Lipinski definition) is 6. The van der Waals surface area contributed by atoms with Crippen molar-refractivity contribution < 1.29 is 14.8 Å². The minimum Gasteiger partial charge on any atom is -0.477 e. The van der Waals surface area contributed by atoms with Crippen LogP contribution in [0.15, 0.2) is 39.7 Å². The van der Waals surface area contributed by atoms with Gasteiger partial charge in [0, 0.05) is 22.5 Å². The smallest absolute Gasteiger partial charge is 0.345 e. The highest BCUT2D eigenvalue weighted by atomic mass is 32.2. The van der Waals surface area contributed by atoms with Crippen molar-refractivity contribution in [3.8, 4) is 0 Å². The zero-order valence-electron chi connectivity index (χ0n) is 8.77. The average molecular weight is 282 g/mol. The number of carboxylic acids is 1. The van der Waals surface area contributed by atoms with Crippen LogP contribution in [0, 0.1) is 10.1 Å². The van der Waals surface area contributed by atoms with E-state index < -0.39 is 10.9 Å². The molecular formula is C10H6N2O4S2. The minimum absolute atomic E-state index is 0.0921. The van der Waals surface area contributed by atoms with Crippen molar-refractivity contribution in [1.82, 2.24) is 4.98 Å². The molecule has 8 heteroatoms. The highest BCUT2D eigenvalue weighted by molar-refractivity contribution is 7.99. The minimum atomic E-state index is -1.01. The van der Waals surface area contributed by atoms with Gasteiger partial charge in [0.1, 0.15) is 4.88 Å². The van der Waals surface area contributed by atoms with Gasteiger partial charge in [-0.05, 0) is 12.1 Å². The first kappa shape index (κ1) is 12.5. The molecule has 0 amide bonds. The van der Waals surface area contributed by atoms with Gasteiger partial charge < -0.3 is 5.11 Å². The molecule has 6 nitrogen and oxygen atoms in total. The normalized spacial score (nSPS) is 10.2. The standard InChI is InChI=1S/C10H6N2O4S2/c13-10(14)8-4-6(5-17-8)18-9-7(12(15)16)2-1-3-11-9/h1-5H,(H,13,14). The molecule has 1 N–H and O–H groups in total. The first-order chi connectivity index (χ1) is 8.58. The van der Waals surface area contributed by atoms with Crippen LogP contribution in [0.5, 0.6) is 0 Å². The SMILES string of the molecule is O=C(O)c1cc(Sc2ncccc2[N+](=O)[O-])cs1. The van der Waals surface area contributed by atoms with Crippen molar-refractivity contribution in [2.24, 2.45) is 0 Å². The van der Waals surface area contributed by atoms with Crippen molar-refractivity contribution in [3.63, 3.8) is 0 Å². The second kappa shape index (κ2) is 5.15. The van der Waals surface area contributed by atoms with Crippen LogP contribution < -0.4 is 0 Å². The van der Waals surface area contributed by atoms with E-state index in [-0.39, 0.29) is 15.6 Å². The van der Waals surface area contributed by atoms with Gasteiger partial charge >= 0.3 is 11.7 Å². The molecule has 2 aromatic heterocycles. The molecule has 0 radical (unpaired) electrons. The molecule has 0 aromatic carbocycles. The van der Waals surface area contributed by atoms with E-state index in [4.69, 9.17) is 5.11 Å². The molecule has 0 unspecified atom stereocenters. The fraction of sp³-hybridized carbons (Fsp3) is 0. The summed E-state index contributed by atoms with van der Waals surface area (Å²) < 4.78 is 0. The Labute approximate surface area is 109 Å². The summed E-state index contributed by atoms with van der Waals surface area (Å²) in [6.45, 7) is 0. The molecule has 0 saturated heterocycles. The molecular weight excluding hydrogens is 276 g/mol. The largest absolute Gasteiger partial charge is 0.477 e. The van der Waals surface area contributed by atoms with Gasteiger partial charge in [0.05, 0.1) is 4.92 Å². The Kier molecular flexibility index (Phi) is 3.58. The Morgan fingerprint density at radius 3 is 2.94 bits per heavy atom. The molecule has 0 fully saturated rings. The van der Waals surface area contributed by atoms with E-state index in [1.54, 1.807) is 5.38 Å². The third-order valence-electron chi connectivity index (χ3n) is 1.95. The number of hydrogen-bond donors (Lipinski definition) is 1. The number of carbonyl (C=O) groups is 1. The maximum absolute atomic E-state index is 10.8. The van der Waals surface area contributed by atoms with E-state index in [2.05, 4.69) is 4.98 Å². The Bertz CT molecular complexity index is 611. The maximum atomic E-state index is 10.8. The Morgan fingerprint density at radius 2 is 2.33 bits per heavy atom. The van der Waals surface area contributed by atoms with Crippen LogP contribution in [0.25, 0.3) is 0 Å². The lowest BCUT2D eigenvalue weighted by molar-refractivity contribution is -0.388. The molecule has 18 heavy (non-hydrogen) atoms. The second-order valence-electron chi connectivity index (χ2n) is 3.14. The molecule has 2 rings (SSSR count). The number of pyridine rings is 1. The number of aromatic nitrogens is 1. The van der Waals surface area contributed by atoms with E-state index in [0.29, 0.717) is 4.90 Å². The summed E-state index contributed by atoms with van der Waals surface area (Å²) in [5, 5.41) is 21.4. The fourth-order valence-corrected chi connectivity index (χ4v) is 2.98. The van der Waals surface area contributed by atoms with E-state index >= 15 is 0 Å². The van der Waals surface area contributed by atoms with Gasteiger partial charge in [0.2, 0.25) is 0 Å². The van der Waals surface area contributed by atoms with Gasteiger partial charge in [-0.25, -0.2) is 9.78 Å². The lowest BCUT2D eigenvalue weighted by Gasteiger charge is -1.98. The van der Waals surface area contributed by atoms with Gasteiger partial charge in [-0.3, -0.25) is 10.1 Å². The summed E-state index contributed by atoms with van der Waals surface area (Å²) in [5.41, 5.74) is -0.0921. The zero-order chi connectivity index (χ0) is 13.1. The summed E-state index contributed by atoms with van der Waals surface area (Å²) in [4.78, 5) is 25.7. The number of nitrogens with zero attached hydrogens (tertiary/aromatic N) is 2. The van der Waals surface area contributed by atoms with Crippen LogP contribution in [-0.2, 0) is 0 Å². The fourth-order valence-electron chi connectivity index (χ4n) is 1.20. The molecule has 0 aliphatic carbocycles. The highest BCUT2D eigenvalue weighted by Gasteiger charge is 2.16. The zero-order valence-corrected chi connectivity index (χ0v) is 10.4. The number of nitro groups is 1. The predicted octanol–water partition coefficient (Wildman–Crippen LogP) is 2.90. The van der Waals surface area contributed by atoms with Crippen molar-refractivity contribution in [2.45, 2.75) is 9.92 Å². The van der Waals surface area contributed by atoms with Crippen molar-refractivity contribution >= 4 is 34.8 Å². The summed E-state index contributed by atoms with van der Waals surface area (Å²) in [7, 11) is 0. The number of carboxylic acid groups (broad SMARTS) is 1. The van der Waals surface area contributed by atoms with Gasteiger partial charge in [-0.15, -0.1) is 11.3 Å². The van der Waals surface area contributed by atoms with Crippen LogP contribution in [0.3, 0.4) is 0 Å². The van der Waals surface area contributed by atoms with Crippen LogP contribution in [0.4, 0.5) is 5.69 Å². The maximum Gasteiger partial charge on any atom is 0.345 e. The third kappa shape index (κ3) is 2.66. The summed E-state index contributed by atoms with van der Waals surface area (Å²) in [6.07, 6.45) is 1.46. The molecule has 0 bridgehead atoms. The molecule has 0 saturated carbocycles. The van der Waals surface area contributed by atoms with E-state index in [9.17, 15) is 14.9 Å². The molecule has 0 spiro atoms. The Morgan fingerprint density at radius 1 is 1.56 bits per heavy atom. The Balaban J connectivity index is 2.28. The average Bonchev–Trinajstić information content (AvgIpc) is 2.78. The van der Waals surface area contributed by atoms with Crippen molar-refractivity contribution in [3.05, 3.63) is 44.8 Å². The van der Waals surface area contributed by atoms with Crippen LogP contribution in [0.1, 0.15) is 9.67 Å². The third-order valence-corrected chi connectivity index (χ3v) is 4.00. The lowest BCUT2D eigenvalue weighted by atomic mass is 10.4. The summed E-state index contributed by atoms with van der Waals surface area (Å²) >= 11 is 2.15. The van der Waals surface area contributed by atoms with Crippen LogP contribution >= 0.6 is 23.1 Å². The van der Waals surface area contributed by atoms with Crippen molar-refractivity contribution in [1.29, 1.82) is 0 Å². The van der Waals surface area contributed by atoms with E-state index in [0.717, 1.165) is 23.1 Å². The highest BCUT2D eigenvalue weighted by Crippen LogP contribution is 2.34. The van der Waals surface area contributed by atoms with Gasteiger partial charge in [0.15, 0.2) is 5.03 Å². The number of rotatable bonds is 4. The number of aromatic carboxylic acids is 1. The first-order valence-electron chi connectivity index (χ1n) is 4.67. The van der Waals surface area contributed by atoms with Crippen LogP contribution in [-0.4, -0.2) is 21.0 Å². The van der Waals surface area contributed by atoms with Gasteiger partial charge in [-0.2, -0.15) is 0 Å². The van der Waals surface area contributed by atoms with Gasteiger partial charge in [0.25, 0.3) is 0 Å². The van der Waals surface area contributed by atoms with E-state index in [1.807, 2.05) is 0 Å². The molecule has 0 atom stereocenters. The molecule has 2 heterocycles.